The molecule has 1 N–H and O–H groups in total. The van der Waals surface area contributed by atoms with Gasteiger partial charge in [0.15, 0.2) is 0 Å². The van der Waals surface area contributed by atoms with Crippen molar-refractivity contribution in [1.82, 2.24) is 5.32 Å². The van der Waals surface area contributed by atoms with Gasteiger partial charge in [-0.15, -0.1) is 0 Å². The summed E-state index contributed by atoms with van der Waals surface area (Å²) in [6.07, 6.45) is 4.78. The minimum atomic E-state index is 0.340. The molecule has 0 atom stereocenters. The molecule has 0 fully saturated rings. The molecule has 0 aliphatic heterocycles. The van der Waals surface area contributed by atoms with E-state index in [1.54, 1.807) is 7.11 Å². The van der Waals surface area contributed by atoms with Crippen LogP contribution in [-0.2, 0) is 4.74 Å². The van der Waals surface area contributed by atoms with Gasteiger partial charge >= 0.3 is 0 Å². The van der Waals surface area contributed by atoms with Crippen molar-refractivity contribution >= 4 is 0 Å². The largest absolute Gasteiger partial charge is 0.385 e. The summed E-state index contributed by atoms with van der Waals surface area (Å²) < 4.78 is 5.00. The first kappa shape index (κ1) is 12.9. The summed E-state index contributed by atoms with van der Waals surface area (Å²) in [7, 11) is 1.76. The maximum absolute atomic E-state index is 5.00. The molecule has 0 saturated carbocycles. The Morgan fingerprint density at radius 3 is 2.23 bits per heavy atom. The highest BCUT2D eigenvalue weighted by Crippen LogP contribution is 2.13. The molecule has 0 aromatic rings. The average Bonchev–Trinajstić information content (AvgIpc) is 2.17. The smallest absolute Gasteiger partial charge is 0.0462 e. The minimum absolute atomic E-state index is 0.340. The monoisotopic (exact) mass is 187 g/mol. The molecule has 0 unspecified atom stereocenters. The first-order chi connectivity index (χ1) is 6.18. The van der Waals surface area contributed by atoms with Gasteiger partial charge in [0.2, 0.25) is 0 Å². The van der Waals surface area contributed by atoms with Gasteiger partial charge in [-0.1, -0.05) is 13.8 Å². The second-order valence-corrected chi connectivity index (χ2v) is 3.89. The van der Waals surface area contributed by atoms with E-state index in [1.165, 1.54) is 19.3 Å². The molecule has 2 heteroatoms. The van der Waals surface area contributed by atoms with E-state index >= 15 is 0 Å². The van der Waals surface area contributed by atoms with Gasteiger partial charge < -0.3 is 10.1 Å². The number of ether oxygens (including phenoxy) is 1. The fourth-order valence-corrected chi connectivity index (χ4v) is 1.26. The van der Waals surface area contributed by atoms with Crippen LogP contribution in [0.5, 0.6) is 0 Å². The van der Waals surface area contributed by atoms with Crippen molar-refractivity contribution in [2.75, 3.05) is 20.3 Å². The van der Waals surface area contributed by atoms with Crippen LogP contribution < -0.4 is 5.32 Å². The Morgan fingerprint density at radius 1 is 1.15 bits per heavy atom. The van der Waals surface area contributed by atoms with Crippen molar-refractivity contribution in [3.63, 3.8) is 0 Å². The fraction of sp³-hybridized carbons (Fsp3) is 1.00. The summed E-state index contributed by atoms with van der Waals surface area (Å²) in [5, 5.41) is 3.60. The Hall–Kier alpha value is -0.0800. The Bertz CT molecular complexity index is 111. The lowest BCUT2D eigenvalue weighted by Gasteiger charge is -2.28. The van der Waals surface area contributed by atoms with E-state index in [0.29, 0.717) is 5.54 Å². The molecule has 2 nitrogen and oxygen atoms in total. The SMILES string of the molecule is CCC(C)(CC)NCCCCOC. The maximum Gasteiger partial charge on any atom is 0.0462 e. The quantitative estimate of drug-likeness (QED) is 0.590. The van der Waals surface area contributed by atoms with Crippen molar-refractivity contribution in [3.05, 3.63) is 0 Å². The molecule has 0 rings (SSSR count). The molecular formula is C11H25NO. The second kappa shape index (κ2) is 7.34. The Labute approximate surface area is 83.1 Å². The number of nitrogens with one attached hydrogen (secondary N) is 1. The number of rotatable bonds is 8. The molecule has 0 radical (unpaired) electrons. The topological polar surface area (TPSA) is 21.3 Å². The van der Waals surface area contributed by atoms with Gasteiger partial charge in [-0.25, -0.2) is 0 Å². The summed E-state index contributed by atoms with van der Waals surface area (Å²) >= 11 is 0. The van der Waals surface area contributed by atoms with E-state index in [1.807, 2.05) is 0 Å². The summed E-state index contributed by atoms with van der Waals surface area (Å²) in [6, 6.07) is 0. The van der Waals surface area contributed by atoms with Crippen LogP contribution >= 0.6 is 0 Å². The van der Waals surface area contributed by atoms with Crippen molar-refractivity contribution in [2.24, 2.45) is 0 Å². The molecule has 0 spiro atoms. The summed E-state index contributed by atoms with van der Waals surface area (Å²) in [6.45, 7) is 8.78. The Balaban J connectivity index is 3.39. The number of methoxy groups -OCH3 is 1. The van der Waals surface area contributed by atoms with Crippen molar-refractivity contribution < 1.29 is 4.74 Å². The number of unbranched alkanes of at least 4 members (excludes halogenated alkanes) is 1. The minimum Gasteiger partial charge on any atom is -0.385 e. The highest BCUT2D eigenvalue weighted by molar-refractivity contribution is 4.79. The van der Waals surface area contributed by atoms with Gasteiger partial charge in [0.25, 0.3) is 0 Å². The molecule has 0 heterocycles. The van der Waals surface area contributed by atoms with Gasteiger partial charge in [0, 0.05) is 19.3 Å². The average molecular weight is 187 g/mol. The van der Waals surface area contributed by atoms with Crippen LogP contribution in [0.15, 0.2) is 0 Å². The molecule has 80 valence electrons. The van der Waals surface area contributed by atoms with Gasteiger partial charge in [0.05, 0.1) is 0 Å². The summed E-state index contributed by atoms with van der Waals surface area (Å²) in [5.74, 6) is 0. The highest BCUT2D eigenvalue weighted by Gasteiger charge is 2.17. The fourth-order valence-electron chi connectivity index (χ4n) is 1.26. The molecule has 13 heavy (non-hydrogen) atoms. The molecule has 0 aliphatic carbocycles. The lowest BCUT2D eigenvalue weighted by Crippen LogP contribution is -2.41. The molecule has 0 aromatic carbocycles. The number of hydrogen-bond donors (Lipinski definition) is 1. The van der Waals surface area contributed by atoms with Crippen molar-refractivity contribution in [2.45, 2.75) is 52.0 Å². The molecule has 0 amide bonds. The summed E-state index contributed by atoms with van der Waals surface area (Å²) in [5.41, 5.74) is 0.340. The van der Waals surface area contributed by atoms with E-state index < -0.39 is 0 Å². The van der Waals surface area contributed by atoms with E-state index in [-0.39, 0.29) is 0 Å². The molecular weight excluding hydrogens is 162 g/mol. The molecule has 0 aromatic heterocycles. The van der Waals surface area contributed by atoms with E-state index in [9.17, 15) is 0 Å². The Kier molecular flexibility index (Phi) is 7.29. The standard InChI is InChI=1S/C11H25NO/c1-5-11(3,6-2)12-9-7-8-10-13-4/h12H,5-10H2,1-4H3. The van der Waals surface area contributed by atoms with Crippen LogP contribution in [0.2, 0.25) is 0 Å². The van der Waals surface area contributed by atoms with Gasteiger partial charge in [-0.2, -0.15) is 0 Å². The molecule has 0 aliphatic rings. The lowest BCUT2D eigenvalue weighted by molar-refractivity contribution is 0.191. The maximum atomic E-state index is 5.00. The zero-order valence-corrected chi connectivity index (χ0v) is 9.65. The van der Waals surface area contributed by atoms with Crippen LogP contribution in [0.1, 0.15) is 46.5 Å². The summed E-state index contributed by atoms with van der Waals surface area (Å²) in [4.78, 5) is 0. The van der Waals surface area contributed by atoms with Crippen LogP contribution in [0, 0.1) is 0 Å². The zero-order valence-electron chi connectivity index (χ0n) is 9.65. The van der Waals surface area contributed by atoms with Gasteiger partial charge in [0.1, 0.15) is 0 Å². The van der Waals surface area contributed by atoms with Crippen LogP contribution in [0.4, 0.5) is 0 Å². The normalized spacial score (nSPS) is 12.0. The highest BCUT2D eigenvalue weighted by atomic mass is 16.5. The molecule has 0 saturated heterocycles. The third-order valence-electron chi connectivity index (χ3n) is 2.89. The molecule has 0 bridgehead atoms. The van der Waals surface area contributed by atoms with E-state index in [2.05, 4.69) is 26.1 Å². The second-order valence-electron chi connectivity index (χ2n) is 3.89. The van der Waals surface area contributed by atoms with Crippen molar-refractivity contribution in [1.29, 1.82) is 0 Å². The predicted molar refractivity (Wildman–Crippen MR) is 58.1 cm³/mol. The Morgan fingerprint density at radius 2 is 1.77 bits per heavy atom. The van der Waals surface area contributed by atoms with Crippen LogP contribution in [0.3, 0.4) is 0 Å². The van der Waals surface area contributed by atoms with Gasteiger partial charge in [-0.05, 0) is 39.2 Å². The van der Waals surface area contributed by atoms with Crippen molar-refractivity contribution in [3.8, 4) is 0 Å². The third-order valence-corrected chi connectivity index (χ3v) is 2.89. The predicted octanol–water partition coefficient (Wildman–Crippen LogP) is 2.58. The van der Waals surface area contributed by atoms with E-state index in [4.69, 9.17) is 4.74 Å². The van der Waals surface area contributed by atoms with Crippen LogP contribution in [-0.4, -0.2) is 25.8 Å². The van der Waals surface area contributed by atoms with E-state index in [0.717, 1.165) is 19.6 Å². The van der Waals surface area contributed by atoms with Gasteiger partial charge in [-0.3, -0.25) is 0 Å². The third kappa shape index (κ3) is 6.05. The van der Waals surface area contributed by atoms with Crippen LogP contribution in [0.25, 0.3) is 0 Å². The zero-order chi connectivity index (χ0) is 10.2. The first-order valence-corrected chi connectivity index (χ1v) is 5.42. The lowest BCUT2D eigenvalue weighted by atomic mass is 9.95. The number of hydrogen-bond acceptors (Lipinski definition) is 2. The first-order valence-electron chi connectivity index (χ1n) is 5.42.